The van der Waals surface area contributed by atoms with Crippen LogP contribution in [-0.4, -0.2) is 38.6 Å². The van der Waals surface area contributed by atoms with E-state index in [1.807, 2.05) is 30.3 Å². The molecule has 138 valence electrons. The topological polar surface area (TPSA) is 118 Å². The molecule has 1 unspecified atom stereocenters. The summed E-state index contributed by atoms with van der Waals surface area (Å²) >= 11 is 0. The lowest BCUT2D eigenvalue weighted by Crippen LogP contribution is -2.09. The second-order valence-electron chi connectivity index (χ2n) is 6.02. The van der Waals surface area contributed by atoms with Crippen molar-refractivity contribution in [2.45, 2.75) is 19.1 Å². The summed E-state index contributed by atoms with van der Waals surface area (Å²) in [6.45, 7) is 0.189. The van der Waals surface area contributed by atoms with Gasteiger partial charge in [-0.15, -0.1) is 10.2 Å². The molecule has 1 aliphatic rings. The molecule has 27 heavy (non-hydrogen) atoms. The van der Waals surface area contributed by atoms with Crippen molar-refractivity contribution in [2.24, 2.45) is 5.10 Å². The zero-order valence-corrected chi connectivity index (χ0v) is 14.6. The Bertz CT molecular complexity index is 957. The maximum atomic E-state index is 9.66. The van der Waals surface area contributed by atoms with Gasteiger partial charge in [0.2, 0.25) is 5.82 Å². The summed E-state index contributed by atoms with van der Waals surface area (Å²) in [5, 5.41) is 27.7. The SMILES string of the molecule is COc1cc(C2=NNC(c3cccc(O)c3)C2)ccc1OCc1nn[nH]n1. The normalized spacial score (nSPS) is 15.9. The van der Waals surface area contributed by atoms with Crippen molar-refractivity contribution < 1.29 is 14.6 Å². The molecule has 0 radical (unpaired) electrons. The molecule has 3 N–H and O–H groups in total. The first-order valence-corrected chi connectivity index (χ1v) is 8.37. The van der Waals surface area contributed by atoms with Gasteiger partial charge in [0, 0.05) is 12.0 Å². The highest BCUT2D eigenvalue weighted by molar-refractivity contribution is 6.02. The highest BCUT2D eigenvalue weighted by atomic mass is 16.5. The summed E-state index contributed by atoms with van der Waals surface area (Å²) in [7, 11) is 1.59. The Labute approximate surface area is 155 Å². The molecule has 1 aliphatic heterocycles. The van der Waals surface area contributed by atoms with Gasteiger partial charge in [-0.25, -0.2) is 0 Å². The van der Waals surface area contributed by atoms with Crippen LogP contribution in [0.3, 0.4) is 0 Å². The molecule has 0 saturated heterocycles. The lowest BCUT2D eigenvalue weighted by molar-refractivity contribution is 0.276. The van der Waals surface area contributed by atoms with Crippen molar-refractivity contribution in [1.29, 1.82) is 0 Å². The number of hydrogen-bond donors (Lipinski definition) is 3. The first-order valence-electron chi connectivity index (χ1n) is 8.37. The van der Waals surface area contributed by atoms with Crippen molar-refractivity contribution in [3.05, 3.63) is 59.4 Å². The van der Waals surface area contributed by atoms with E-state index in [1.165, 1.54) is 0 Å². The number of aromatic hydroxyl groups is 1. The number of hydrogen-bond acceptors (Lipinski definition) is 8. The van der Waals surface area contributed by atoms with E-state index in [9.17, 15) is 5.11 Å². The largest absolute Gasteiger partial charge is 0.508 e. The maximum absolute atomic E-state index is 9.66. The molecular weight excluding hydrogens is 348 g/mol. The van der Waals surface area contributed by atoms with Gasteiger partial charge in [-0.05, 0) is 35.9 Å². The molecule has 0 amide bonds. The summed E-state index contributed by atoms with van der Waals surface area (Å²) < 4.78 is 11.1. The predicted molar refractivity (Wildman–Crippen MR) is 96.6 cm³/mol. The van der Waals surface area contributed by atoms with Crippen LogP contribution in [0.5, 0.6) is 17.2 Å². The van der Waals surface area contributed by atoms with Crippen LogP contribution >= 0.6 is 0 Å². The maximum Gasteiger partial charge on any atom is 0.211 e. The average Bonchev–Trinajstić information content (AvgIpc) is 3.38. The Kier molecular flexibility index (Phi) is 4.56. The van der Waals surface area contributed by atoms with Crippen LogP contribution in [0, 0.1) is 0 Å². The number of nitrogens with zero attached hydrogens (tertiary/aromatic N) is 4. The lowest BCUT2D eigenvalue weighted by atomic mass is 9.99. The van der Waals surface area contributed by atoms with Crippen LogP contribution < -0.4 is 14.9 Å². The molecule has 0 spiro atoms. The van der Waals surface area contributed by atoms with E-state index in [0.717, 1.165) is 16.8 Å². The standard InChI is InChI=1S/C18H18N6O3/c1-26-17-8-12(5-6-16(17)27-10-18-21-23-24-22-18)15-9-14(19-20-15)11-3-2-4-13(25)7-11/h2-8,14,19,25H,9-10H2,1H3,(H,21,22,23,24). The number of rotatable bonds is 6. The molecule has 0 aliphatic carbocycles. The number of H-pyrrole nitrogens is 1. The fraction of sp³-hybridized carbons (Fsp3) is 0.222. The van der Waals surface area contributed by atoms with Crippen LogP contribution in [0.1, 0.15) is 29.4 Å². The smallest absolute Gasteiger partial charge is 0.211 e. The first-order chi connectivity index (χ1) is 13.2. The molecule has 4 rings (SSSR count). The molecule has 0 saturated carbocycles. The zero-order chi connectivity index (χ0) is 18.6. The van der Waals surface area contributed by atoms with Gasteiger partial charge in [-0.2, -0.15) is 10.3 Å². The molecule has 2 aromatic carbocycles. The van der Waals surface area contributed by atoms with Gasteiger partial charge >= 0.3 is 0 Å². The number of phenols is 1. The predicted octanol–water partition coefficient (Wildman–Crippen LogP) is 1.93. The quantitative estimate of drug-likeness (QED) is 0.610. The molecular formula is C18H18N6O3. The number of ether oxygens (including phenoxy) is 2. The van der Waals surface area contributed by atoms with Crippen molar-refractivity contribution >= 4 is 5.71 Å². The van der Waals surface area contributed by atoms with Gasteiger partial charge in [0.1, 0.15) is 5.75 Å². The highest BCUT2D eigenvalue weighted by Crippen LogP contribution is 2.32. The fourth-order valence-electron chi connectivity index (χ4n) is 2.91. The number of methoxy groups -OCH3 is 1. The number of tetrazole rings is 1. The fourth-order valence-corrected chi connectivity index (χ4v) is 2.91. The molecule has 9 heteroatoms. The van der Waals surface area contributed by atoms with E-state index >= 15 is 0 Å². The van der Waals surface area contributed by atoms with E-state index in [2.05, 4.69) is 31.2 Å². The molecule has 9 nitrogen and oxygen atoms in total. The third kappa shape index (κ3) is 3.66. The number of nitrogens with one attached hydrogen (secondary N) is 2. The third-order valence-corrected chi connectivity index (χ3v) is 4.27. The molecule has 0 fully saturated rings. The molecule has 3 aromatic rings. The van der Waals surface area contributed by atoms with Crippen LogP contribution in [0.25, 0.3) is 0 Å². The summed E-state index contributed by atoms with van der Waals surface area (Å²) in [5.74, 6) is 1.88. The lowest BCUT2D eigenvalue weighted by Gasteiger charge is -2.12. The van der Waals surface area contributed by atoms with Crippen LogP contribution in [0.2, 0.25) is 0 Å². The third-order valence-electron chi connectivity index (χ3n) is 4.27. The average molecular weight is 366 g/mol. The van der Waals surface area contributed by atoms with E-state index in [4.69, 9.17) is 9.47 Å². The summed E-state index contributed by atoms with van der Waals surface area (Å²) in [4.78, 5) is 0. The summed E-state index contributed by atoms with van der Waals surface area (Å²) in [6, 6.07) is 12.8. The summed E-state index contributed by atoms with van der Waals surface area (Å²) in [5.41, 5.74) is 5.96. The molecule has 1 aromatic heterocycles. The number of aromatic amines is 1. The number of phenolic OH excluding ortho intramolecular Hbond substituents is 1. The summed E-state index contributed by atoms with van der Waals surface area (Å²) in [6.07, 6.45) is 0.704. The van der Waals surface area contributed by atoms with Crippen molar-refractivity contribution in [3.8, 4) is 17.2 Å². The van der Waals surface area contributed by atoms with Crippen molar-refractivity contribution in [3.63, 3.8) is 0 Å². The monoisotopic (exact) mass is 366 g/mol. The Hall–Kier alpha value is -3.62. The van der Waals surface area contributed by atoms with E-state index in [-0.39, 0.29) is 18.4 Å². The minimum atomic E-state index is 0.0206. The van der Waals surface area contributed by atoms with Gasteiger partial charge in [0.15, 0.2) is 18.1 Å². The number of aromatic nitrogens is 4. The Morgan fingerprint density at radius 2 is 2.11 bits per heavy atom. The van der Waals surface area contributed by atoms with Gasteiger partial charge in [0.05, 0.1) is 18.9 Å². The highest BCUT2D eigenvalue weighted by Gasteiger charge is 2.22. The van der Waals surface area contributed by atoms with Gasteiger partial charge in [0.25, 0.3) is 0 Å². The van der Waals surface area contributed by atoms with Crippen molar-refractivity contribution in [2.75, 3.05) is 7.11 Å². The second kappa shape index (κ2) is 7.32. The number of benzene rings is 2. The zero-order valence-electron chi connectivity index (χ0n) is 14.6. The van der Waals surface area contributed by atoms with Gasteiger partial charge < -0.3 is 20.0 Å². The van der Waals surface area contributed by atoms with Gasteiger partial charge in [-0.1, -0.05) is 17.3 Å². The Morgan fingerprint density at radius 3 is 2.89 bits per heavy atom. The number of hydrazone groups is 1. The minimum absolute atomic E-state index is 0.0206. The Morgan fingerprint density at radius 1 is 1.19 bits per heavy atom. The van der Waals surface area contributed by atoms with Crippen LogP contribution in [-0.2, 0) is 6.61 Å². The van der Waals surface area contributed by atoms with Crippen LogP contribution in [0.4, 0.5) is 0 Å². The van der Waals surface area contributed by atoms with E-state index in [0.29, 0.717) is 23.7 Å². The van der Waals surface area contributed by atoms with Crippen LogP contribution in [0.15, 0.2) is 47.6 Å². The first kappa shape index (κ1) is 16.8. The molecule has 2 heterocycles. The second-order valence-corrected chi connectivity index (χ2v) is 6.02. The Balaban J connectivity index is 1.47. The van der Waals surface area contributed by atoms with Crippen molar-refractivity contribution in [1.82, 2.24) is 26.0 Å². The van der Waals surface area contributed by atoms with E-state index < -0.39 is 0 Å². The molecule has 1 atom stereocenters. The van der Waals surface area contributed by atoms with E-state index in [1.54, 1.807) is 19.2 Å². The molecule has 0 bridgehead atoms. The van der Waals surface area contributed by atoms with Gasteiger partial charge in [-0.3, -0.25) is 0 Å². The minimum Gasteiger partial charge on any atom is -0.508 e.